The number of amides is 1. The van der Waals surface area contributed by atoms with E-state index in [1.807, 2.05) is 0 Å². The number of nitrogens with one attached hydrogen (secondary N) is 1. The molecule has 0 bridgehead atoms. The number of hydrogen-bond donors (Lipinski definition) is 1. The monoisotopic (exact) mass is 214 g/mol. The van der Waals surface area contributed by atoms with Crippen molar-refractivity contribution >= 4 is 6.39 Å². The van der Waals surface area contributed by atoms with Crippen molar-refractivity contribution in [2.24, 2.45) is 11.3 Å². The fourth-order valence-electron chi connectivity index (χ4n) is 1.98. The van der Waals surface area contributed by atoms with Crippen LogP contribution < -0.4 is 5.32 Å². The van der Waals surface area contributed by atoms with Crippen molar-refractivity contribution in [1.29, 1.82) is 0 Å². The van der Waals surface area contributed by atoms with E-state index in [-0.39, 0.29) is 0 Å². The molecule has 3 nitrogen and oxygen atoms in total. The van der Waals surface area contributed by atoms with E-state index in [1.54, 1.807) is 4.90 Å². The normalized spacial score (nSPS) is 21.6. The molecular weight excluding hydrogens is 188 g/mol. The van der Waals surface area contributed by atoms with Gasteiger partial charge in [0.1, 0.15) is 1.37 Å². The minimum absolute atomic E-state index is 0.292. The van der Waals surface area contributed by atoms with Crippen LogP contribution in [0, 0.1) is 11.3 Å². The minimum atomic E-state index is -0.530. The second-order valence-corrected chi connectivity index (χ2v) is 5.41. The van der Waals surface area contributed by atoms with Crippen LogP contribution in [0.4, 0.5) is 0 Å². The molecule has 3 heteroatoms. The molecule has 1 amide bonds. The Bertz CT molecular complexity index is 235. The van der Waals surface area contributed by atoms with Gasteiger partial charge in [-0.25, -0.2) is 0 Å². The third-order valence-electron chi connectivity index (χ3n) is 3.20. The van der Waals surface area contributed by atoms with E-state index in [0.717, 1.165) is 39.0 Å². The molecule has 0 unspecified atom stereocenters. The van der Waals surface area contributed by atoms with Crippen molar-refractivity contribution in [3.8, 4) is 0 Å². The number of carbonyl (C=O) groups excluding carboxylic acids is 1. The van der Waals surface area contributed by atoms with Crippen molar-refractivity contribution in [2.45, 2.75) is 33.6 Å². The Kier molecular flexibility index (Phi) is 4.01. The Morgan fingerprint density at radius 3 is 2.60 bits per heavy atom. The van der Waals surface area contributed by atoms with Crippen LogP contribution in [0.2, 0.25) is 0 Å². The number of nitrogens with zero attached hydrogens (tertiary/aromatic N) is 1. The van der Waals surface area contributed by atoms with Gasteiger partial charge in [-0.15, -0.1) is 0 Å². The summed E-state index contributed by atoms with van der Waals surface area (Å²) in [6.07, 6.45) is 1.48. The Balaban J connectivity index is 2.29. The maximum absolute atomic E-state index is 10.9. The van der Waals surface area contributed by atoms with Gasteiger partial charge in [-0.3, -0.25) is 4.79 Å². The third kappa shape index (κ3) is 4.20. The minimum Gasteiger partial charge on any atom is -0.345 e. The lowest BCUT2D eigenvalue weighted by Crippen LogP contribution is -2.43. The lowest BCUT2D eigenvalue weighted by Gasteiger charge is -2.38. The molecule has 0 aliphatic carbocycles. The summed E-state index contributed by atoms with van der Waals surface area (Å²) in [7, 11) is 0. The van der Waals surface area contributed by atoms with Gasteiger partial charge in [0, 0.05) is 19.6 Å². The average molecular weight is 214 g/mol. The van der Waals surface area contributed by atoms with Gasteiger partial charge >= 0.3 is 0 Å². The summed E-state index contributed by atoms with van der Waals surface area (Å²) in [6, 6.07) is 0. The van der Waals surface area contributed by atoms with Crippen molar-refractivity contribution in [2.75, 3.05) is 26.2 Å². The summed E-state index contributed by atoms with van der Waals surface area (Å²) in [4.78, 5) is 12.5. The van der Waals surface area contributed by atoms with E-state index in [4.69, 9.17) is 1.37 Å². The van der Waals surface area contributed by atoms with Crippen LogP contribution in [0.25, 0.3) is 0 Å². The largest absolute Gasteiger partial charge is 0.345 e. The molecule has 1 aliphatic heterocycles. The van der Waals surface area contributed by atoms with Crippen LogP contribution >= 0.6 is 0 Å². The molecule has 0 radical (unpaired) electrons. The summed E-state index contributed by atoms with van der Waals surface area (Å²) < 4.78 is 7.07. The van der Waals surface area contributed by atoms with Gasteiger partial charge in [0.25, 0.3) is 0 Å². The van der Waals surface area contributed by atoms with Gasteiger partial charge in [0.2, 0.25) is 6.39 Å². The van der Waals surface area contributed by atoms with Gasteiger partial charge in [0.05, 0.1) is 0 Å². The van der Waals surface area contributed by atoms with Gasteiger partial charge in [0.15, 0.2) is 0 Å². The van der Waals surface area contributed by atoms with E-state index in [9.17, 15) is 4.79 Å². The molecule has 1 fully saturated rings. The van der Waals surface area contributed by atoms with Crippen LogP contribution in [0.1, 0.15) is 35.0 Å². The van der Waals surface area contributed by atoms with Crippen molar-refractivity contribution in [3.05, 3.63) is 0 Å². The number of rotatable bonds is 4. The van der Waals surface area contributed by atoms with Gasteiger partial charge in [-0.1, -0.05) is 20.8 Å². The first kappa shape index (κ1) is 10.9. The van der Waals surface area contributed by atoms with E-state index < -0.39 is 6.39 Å². The molecular formula is C12H24N2O. The first-order valence-electron chi connectivity index (χ1n) is 6.39. The number of piperidine rings is 1. The maximum Gasteiger partial charge on any atom is 0.209 e. The molecule has 1 heterocycles. The SMILES string of the molecule is [3H]C(=O)N1CCC(C)(CNCC(C)C)CC1. The summed E-state index contributed by atoms with van der Waals surface area (Å²) in [6.45, 7) is 10.2. The molecule has 1 rings (SSSR count). The second kappa shape index (κ2) is 5.50. The van der Waals surface area contributed by atoms with Gasteiger partial charge in [-0.05, 0) is 30.7 Å². The van der Waals surface area contributed by atoms with E-state index >= 15 is 0 Å². The molecule has 0 spiro atoms. The lowest BCUT2D eigenvalue weighted by atomic mass is 9.80. The van der Waals surface area contributed by atoms with Crippen molar-refractivity contribution < 1.29 is 6.17 Å². The summed E-state index contributed by atoms with van der Waals surface area (Å²) in [5.41, 5.74) is 0.292. The number of hydrogen-bond acceptors (Lipinski definition) is 2. The predicted octanol–water partition coefficient (Wildman–Crippen LogP) is 1.49. The summed E-state index contributed by atoms with van der Waals surface area (Å²) in [5.74, 6) is 0.679. The smallest absolute Gasteiger partial charge is 0.209 e. The first-order chi connectivity index (χ1) is 7.43. The van der Waals surface area contributed by atoms with Crippen molar-refractivity contribution in [1.82, 2.24) is 10.2 Å². The topological polar surface area (TPSA) is 32.3 Å². The summed E-state index contributed by atoms with van der Waals surface area (Å²) in [5, 5.41) is 3.49. The molecule has 0 aromatic carbocycles. The van der Waals surface area contributed by atoms with Gasteiger partial charge in [-0.2, -0.15) is 0 Å². The Hall–Kier alpha value is -0.570. The molecule has 1 aliphatic rings. The zero-order chi connectivity index (χ0) is 12.2. The lowest BCUT2D eigenvalue weighted by molar-refractivity contribution is -0.120. The maximum atomic E-state index is 10.9. The van der Waals surface area contributed by atoms with Crippen LogP contribution in [0.3, 0.4) is 0 Å². The molecule has 0 atom stereocenters. The molecule has 0 aromatic heterocycles. The highest BCUT2D eigenvalue weighted by atomic mass is 16.1. The number of likely N-dealkylation sites (tertiary alicyclic amines) is 1. The highest BCUT2D eigenvalue weighted by molar-refractivity contribution is 5.47. The Labute approximate surface area is 94.6 Å². The second-order valence-electron chi connectivity index (χ2n) is 5.41. The Morgan fingerprint density at radius 1 is 1.53 bits per heavy atom. The number of carbonyl (C=O) groups is 1. The van der Waals surface area contributed by atoms with Crippen LogP contribution in [-0.2, 0) is 4.79 Å². The predicted molar refractivity (Wildman–Crippen MR) is 62.7 cm³/mol. The van der Waals surface area contributed by atoms with Gasteiger partial charge < -0.3 is 10.2 Å². The molecule has 1 N–H and O–H groups in total. The van der Waals surface area contributed by atoms with Crippen LogP contribution in [-0.4, -0.2) is 37.5 Å². The fourth-order valence-corrected chi connectivity index (χ4v) is 1.98. The standard InChI is InChI=1S/C12H24N2O/c1-11(2)8-13-9-12(3)4-6-14(10-15)7-5-12/h10-11,13H,4-9H2,1-3H3/i10T. The molecule has 1 saturated heterocycles. The molecule has 88 valence electrons. The fraction of sp³-hybridized carbons (Fsp3) is 0.917. The van der Waals surface area contributed by atoms with E-state index in [0.29, 0.717) is 11.3 Å². The first-order valence-corrected chi connectivity index (χ1v) is 5.89. The highest BCUT2D eigenvalue weighted by Gasteiger charge is 2.28. The van der Waals surface area contributed by atoms with Crippen molar-refractivity contribution in [3.63, 3.8) is 0 Å². The van der Waals surface area contributed by atoms with E-state index in [2.05, 4.69) is 26.1 Å². The van der Waals surface area contributed by atoms with E-state index in [1.165, 1.54) is 0 Å². The molecule has 15 heavy (non-hydrogen) atoms. The molecule has 0 aromatic rings. The highest BCUT2D eigenvalue weighted by Crippen LogP contribution is 2.29. The zero-order valence-corrected chi connectivity index (χ0v) is 10.2. The van der Waals surface area contributed by atoms with Crippen LogP contribution in [0.15, 0.2) is 0 Å². The molecule has 0 saturated carbocycles. The zero-order valence-electron chi connectivity index (χ0n) is 11.2. The quantitative estimate of drug-likeness (QED) is 0.719. The average Bonchev–Trinajstić information content (AvgIpc) is 2.17. The van der Waals surface area contributed by atoms with Crippen LogP contribution in [0.5, 0.6) is 0 Å². The third-order valence-corrected chi connectivity index (χ3v) is 3.20. The summed E-state index contributed by atoms with van der Waals surface area (Å²) >= 11 is 0. The Morgan fingerprint density at radius 2 is 2.13 bits per heavy atom.